The molecule has 0 aliphatic rings. The van der Waals surface area contributed by atoms with Crippen LogP contribution in [0.1, 0.15) is 98.6 Å². The minimum Gasteiger partial charge on any atom is -0.0654 e. The number of aryl methyl sites for hydroxylation is 2. The van der Waals surface area contributed by atoms with Crippen LogP contribution in [0.15, 0.2) is 72.8 Å². The molecular weight excluding hydrogens is 408 g/mol. The van der Waals surface area contributed by atoms with Gasteiger partial charge in [-0.05, 0) is 59.1 Å². The molecule has 0 unspecified atom stereocenters. The molecule has 0 aromatic heterocycles. The fourth-order valence-electron chi connectivity index (χ4n) is 4.46. The highest BCUT2D eigenvalue weighted by Crippen LogP contribution is 2.25. The van der Waals surface area contributed by atoms with Crippen LogP contribution >= 0.6 is 0 Å². The van der Waals surface area contributed by atoms with E-state index in [2.05, 4.69) is 111 Å². The van der Waals surface area contributed by atoms with E-state index in [1.54, 1.807) is 0 Å². The molecule has 3 aromatic carbocycles. The largest absolute Gasteiger partial charge is 0.0654 e. The second kappa shape index (κ2) is 15.1. The predicted octanol–water partition coefficient (Wildman–Crippen LogP) is 10.3. The molecule has 0 amide bonds. The summed E-state index contributed by atoms with van der Waals surface area (Å²) in [5, 5.41) is 0. The van der Waals surface area contributed by atoms with Crippen LogP contribution < -0.4 is 0 Å². The molecule has 0 fully saturated rings. The van der Waals surface area contributed by atoms with Crippen molar-refractivity contribution < 1.29 is 0 Å². The van der Waals surface area contributed by atoms with Crippen LogP contribution in [-0.2, 0) is 12.8 Å². The smallest absolute Gasteiger partial charge is 0.0221 e. The summed E-state index contributed by atoms with van der Waals surface area (Å²) in [6.07, 6.45) is 21.9. The molecule has 34 heavy (non-hydrogen) atoms. The second-order valence-corrected chi connectivity index (χ2v) is 9.36. The van der Waals surface area contributed by atoms with Crippen molar-refractivity contribution in [3.8, 4) is 0 Å². The summed E-state index contributed by atoms with van der Waals surface area (Å²) >= 11 is 0. The van der Waals surface area contributed by atoms with Gasteiger partial charge in [-0.15, -0.1) is 0 Å². The van der Waals surface area contributed by atoms with Crippen molar-refractivity contribution in [1.29, 1.82) is 0 Å². The van der Waals surface area contributed by atoms with Crippen molar-refractivity contribution in [2.75, 3.05) is 0 Å². The molecule has 0 nitrogen and oxygen atoms in total. The third-order valence-corrected chi connectivity index (χ3v) is 6.51. The second-order valence-electron chi connectivity index (χ2n) is 9.36. The Labute approximate surface area is 208 Å². The molecule has 0 heterocycles. The van der Waals surface area contributed by atoms with Gasteiger partial charge in [0.1, 0.15) is 0 Å². The highest BCUT2D eigenvalue weighted by molar-refractivity contribution is 5.76. The van der Waals surface area contributed by atoms with Crippen molar-refractivity contribution >= 4 is 24.3 Å². The zero-order chi connectivity index (χ0) is 23.8. The van der Waals surface area contributed by atoms with Crippen LogP contribution in [0, 0.1) is 0 Å². The van der Waals surface area contributed by atoms with E-state index >= 15 is 0 Å². The average molecular weight is 451 g/mol. The third-order valence-electron chi connectivity index (χ3n) is 6.51. The quantitative estimate of drug-likeness (QED) is 0.169. The average Bonchev–Trinajstić information content (AvgIpc) is 2.88. The van der Waals surface area contributed by atoms with Crippen LogP contribution in [-0.4, -0.2) is 0 Å². The van der Waals surface area contributed by atoms with Crippen molar-refractivity contribution in [2.24, 2.45) is 0 Å². The lowest BCUT2D eigenvalue weighted by molar-refractivity contribution is 0.663. The normalized spacial score (nSPS) is 11.6. The maximum absolute atomic E-state index is 2.48. The van der Waals surface area contributed by atoms with Crippen LogP contribution in [0.25, 0.3) is 24.3 Å². The lowest BCUT2D eigenvalue weighted by Gasteiger charge is -2.14. The Morgan fingerprint density at radius 2 is 0.882 bits per heavy atom. The van der Waals surface area contributed by atoms with E-state index in [0.717, 1.165) is 12.8 Å². The summed E-state index contributed by atoms with van der Waals surface area (Å²) < 4.78 is 0. The minimum atomic E-state index is 1.15. The first kappa shape index (κ1) is 25.8. The van der Waals surface area contributed by atoms with Gasteiger partial charge in [0.25, 0.3) is 0 Å². The van der Waals surface area contributed by atoms with Gasteiger partial charge in [0.2, 0.25) is 0 Å². The fourth-order valence-corrected chi connectivity index (χ4v) is 4.46. The number of hydrogen-bond acceptors (Lipinski definition) is 0. The Hall–Kier alpha value is -2.86. The van der Waals surface area contributed by atoms with Crippen LogP contribution in [0.5, 0.6) is 0 Å². The fraction of sp³-hybridized carbons (Fsp3) is 0.353. The molecule has 0 aliphatic carbocycles. The molecule has 0 saturated heterocycles. The lowest BCUT2D eigenvalue weighted by atomic mass is 9.91. The first-order chi connectivity index (χ1) is 16.8. The van der Waals surface area contributed by atoms with E-state index in [0.29, 0.717) is 0 Å². The molecule has 0 atom stereocenters. The van der Waals surface area contributed by atoms with E-state index in [1.165, 1.54) is 84.7 Å². The number of hydrogen-bond donors (Lipinski definition) is 0. The zero-order valence-electron chi connectivity index (χ0n) is 21.3. The van der Waals surface area contributed by atoms with Gasteiger partial charge < -0.3 is 0 Å². The van der Waals surface area contributed by atoms with Gasteiger partial charge in [-0.2, -0.15) is 0 Å². The van der Waals surface area contributed by atoms with Gasteiger partial charge in [-0.3, -0.25) is 0 Å². The molecule has 0 heteroatoms. The molecule has 178 valence electrons. The molecule has 0 saturated carbocycles. The Balaban J connectivity index is 1.93. The SMILES string of the molecule is CCCCCCc1cc(C=Cc2ccccc2)c(CCCCCC)cc1C=Cc1ccccc1. The highest BCUT2D eigenvalue weighted by atomic mass is 14.1. The van der Waals surface area contributed by atoms with Crippen LogP contribution in [0.4, 0.5) is 0 Å². The Morgan fingerprint density at radius 1 is 0.471 bits per heavy atom. The van der Waals surface area contributed by atoms with Crippen LogP contribution in [0.2, 0.25) is 0 Å². The van der Waals surface area contributed by atoms with Gasteiger partial charge in [-0.25, -0.2) is 0 Å². The van der Waals surface area contributed by atoms with Crippen molar-refractivity contribution in [2.45, 2.75) is 78.1 Å². The molecule has 0 N–H and O–H groups in total. The molecule has 0 radical (unpaired) electrons. The monoisotopic (exact) mass is 450 g/mol. The summed E-state index contributed by atoms with van der Waals surface area (Å²) in [6.45, 7) is 4.57. The number of unbranched alkanes of at least 4 members (excludes halogenated alkanes) is 6. The molecule has 3 aromatic rings. The van der Waals surface area contributed by atoms with Crippen molar-refractivity contribution in [3.63, 3.8) is 0 Å². The van der Waals surface area contributed by atoms with Gasteiger partial charge in [0.15, 0.2) is 0 Å². The van der Waals surface area contributed by atoms with E-state index in [-0.39, 0.29) is 0 Å². The Morgan fingerprint density at radius 3 is 1.26 bits per heavy atom. The number of rotatable bonds is 14. The van der Waals surface area contributed by atoms with E-state index in [4.69, 9.17) is 0 Å². The molecule has 0 spiro atoms. The van der Waals surface area contributed by atoms with Gasteiger partial charge >= 0.3 is 0 Å². The summed E-state index contributed by atoms with van der Waals surface area (Å²) in [5.41, 5.74) is 8.26. The van der Waals surface area contributed by atoms with E-state index < -0.39 is 0 Å². The minimum absolute atomic E-state index is 1.15. The van der Waals surface area contributed by atoms with Crippen LogP contribution in [0.3, 0.4) is 0 Å². The van der Waals surface area contributed by atoms with Gasteiger partial charge in [0, 0.05) is 0 Å². The summed E-state index contributed by atoms with van der Waals surface area (Å²) in [5.74, 6) is 0. The summed E-state index contributed by atoms with van der Waals surface area (Å²) in [7, 11) is 0. The molecule has 0 bridgehead atoms. The highest BCUT2D eigenvalue weighted by Gasteiger charge is 2.08. The van der Waals surface area contributed by atoms with Crippen molar-refractivity contribution in [1.82, 2.24) is 0 Å². The number of benzene rings is 3. The predicted molar refractivity (Wildman–Crippen MR) is 153 cm³/mol. The first-order valence-electron chi connectivity index (χ1n) is 13.4. The lowest BCUT2D eigenvalue weighted by Crippen LogP contribution is -1.98. The maximum Gasteiger partial charge on any atom is -0.0221 e. The summed E-state index contributed by atoms with van der Waals surface area (Å²) in [4.78, 5) is 0. The standard InChI is InChI=1S/C34H42/c1-3-5-7-15-21-31-27-34(26-24-30-19-13-10-14-20-30)32(22-16-8-6-4-2)28-33(31)25-23-29-17-11-9-12-18-29/h9-14,17-20,23-28H,3-8,15-16,21-22H2,1-2H3. The Kier molecular flexibility index (Phi) is 11.5. The molecular formula is C34H42. The molecule has 0 aliphatic heterocycles. The molecule has 3 rings (SSSR count). The van der Waals surface area contributed by atoms with E-state index in [1.807, 2.05) is 0 Å². The topological polar surface area (TPSA) is 0 Å². The van der Waals surface area contributed by atoms with Gasteiger partial charge in [-0.1, -0.05) is 149 Å². The first-order valence-corrected chi connectivity index (χ1v) is 13.4. The van der Waals surface area contributed by atoms with E-state index in [9.17, 15) is 0 Å². The zero-order valence-corrected chi connectivity index (χ0v) is 21.3. The maximum atomic E-state index is 2.48. The Bertz CT molecular complexity index is 923. The summed E-state index contributed by atoms with van der Waals surface area (Å²) in [6, 6.07) is 26.3. The van der Waals surface area contributed by atoms with Crippen molar-refractivity contribution in [3.05, 3.63) is 106 Å². The van der Waals surface area contributed by atoms with Gasteiger partial charge in [0.05, 0.1) is 0 Å². The third kappa shape index (κ3) is 8.82.